The first kappa shape index (κ1) is 32.4. The lowest BCUT2D eigenvalue weighted by molar-refractivity contribution is -0.348. The maximum absolute atomic E-state index is 15.0. The number of carbonyl (C=O) groups is 2. The molecule has 1 saturated heterocycles. The number of fused-ring (bicyclic) bond motifs is 3. The zero-order chi connectivity index (χ0) is 32.5. The molecular weight excluding hydrogens is 730 g/mol. The molecule has 1 aliphatic carbocycles. The molecule has 3 aromatic rings. The van der Waals surface area contributed by atoms with Crippen LogP contribution >= 0.6 is 22.6 Å². The number of benzene rings is 3. The van der Waals surface area contributed by atoms with Gasteiger partial charge in [0.15, 0.2) is 15.6 Å². The Balaban J connectivity index is 1.68. The molecule has 1 fully saturated rings. The summed E-state index contributed by atoms with van der Waals surface area (Å²) < 4.78 is 124. The van der Waals surface area contributed by atoms with Crippen molar-refractivity contribution in [3.05, 3.63) is 98.1 Å². The van der Waals surface area contributed by atoms with E-state index in [-0.39, 0.29) is 53.2 Å². The predicted octanol–water partition coefficient (Wildman–Crippen LogP) is 7.31. The van der Waals surface area contributed by atoms with Crippen molar-refractivity contribution >= 4 is 44.1 Å². The third-order valence-electron chi connectivity index (χ3n) is 8.47. The van der Waals surface area contributed by atoms with Crippen LogP contribution in [0, 0.1) is 3.57 Å². The molecule has 0 aromatic heterocycles. The van der Waals surface area contributed by atoms with Gasteiger partial charge < -0.3 is 4.90 Å². The second kappa shape index (κ2) is 10.8. The first-order valence-electron chi connectivity index (χ1n) is 13.2. The number of hydrogen-bond donors (Lipinski definition) is 0. The molecule has 1 heterocycles. The first-order valence-corrected chi connectivity index (χ1v) is 15.8. The Hall–Kier alpha value is -3.01. The standard InChI is InChI=1S/C30H23F7INO4S/c1-17(40)18-2-4-19(5-3-18)26(41)39-15-14-27(44(42,43)23-10-8-22(38)9-11-23)24-12-7-21(16-20(24)6-13-25(27)39)28(31,29(32,33)34)30(35,36)37/h2-5,7-12,16,25H,6,13-15H2,1H3/t25-,27-/m1/s1. The topological polar surface area (TPSA) is 71.5 Å². The zero-order valence-electron chi connectivity index (χ0n) is 22.8. The molecule has 3 aromatic carbocycles. The third-order valence-corrected chi connectivity index (χ3v) is 11.7. The summed E-state index contributed by atoms with van der Waals surface area (Å²) in [6, 6.07) is 12.0. The van der Waals surface area contributed by atoms with E-state index in [1.54, 1.807) is 0 Å². The summed E-state index contributed by atoms with van der Waals surface area (Å²) in [5, 5.41) is 0. The van der Waals surface area contributed by atoms with Crippen molar-refractivity contribution in [1.82, 2.24) is 4.90 Å². The number of Topliss-reactive ketones (excluding diaryl/α,β-unsaturated/α-hetero) is 1. The molecule has 1 aliphatic heterocycles. The van der Waals surface area contributed by atoms with Crippen LogP contribution in [-0.4, -0.2) is 49.9 Å². The molecule has 0 unspecified atom stereocenters. The van der Waals surface area contributed by atoms with Gasteiger partial charge in [-0.2, -0.15) is 26.3 Å². The fourth-order valence-corrected chi connectivity index (χ4v) is 9.04. The van der Waals surface area contributed by atoms with Crippen molar-refractivity contribution < 1.29 is 48.7 Å². The van der Waals surface area contributed by atoms with Gasteiger partial charge in [0.05, 0.1) is 10.9 Å². The predicted molar refractivity (Wildman–Crippen MR) is 154 cm³/mol. The van der Waals surface area contributed by atoms with Crippen LogP contribution in [0.15, 0.2) is 71.6 Å². The van der Waals surface area contributed by atoms with Crippen molar-refractivity contribution in [2.75, 3.05) is 6.54 Å². The largest absolute Gasteiger partial charge is 0.435 e. The van der Waals surface area contributed by atoms with Gasteiger partial charge in [0, 0.05) is 26.8 Å². The van der Waals surface area contributed by atoms with Gasteiger partial charge >= 0.3 is 18.0 Å². The van der Waals surface area contributed by atoms with Crippen LogP contribution in [0.25, 0.3) is 0 Å². The molecule has 0 spiro atoms. The van der Waals surface area contributed by atoms with Crippen molar-refractivity contribution in [2.24, 2.45) is 0 Å². The summed E-state index contributed by atoms with van der Waals surface area (Å²) in [5.74, 6) is -0.786. The molecule has 2 atom stereocenters. The Labute approximate surface area is 261 Å². The fourth-order valence-electron chi connectivity index (χ4n) is 6.31. The maximum Gasteiger partial charge on any atom is 0.435 e. The highest BCUT2D eigenvalue weighted by atomic mass is 127. The van der Waals surface area contributed by atoms with Gasteiger partial charge in [-0.15, -0.1) is 0 Å². The second-order valence-electron chi connectivity index (χ2n) is 10.8. The molecule has 44 heavy (non-hydrogen) atoms. The molecule has 234 valence electrons. The lowest BCUT2D eigenvalue weighted by Crippen LogP contribution is -2.53. The lowest BCUT2D eigenvalue weighted by atomic mass is 9.76. The summed E-state index contributed by atoms with van der Waals surface area (Å²) in [6.07, 6.45) is -13.2. The van der Waals surface area contributed by atoms with Crippen molar-refractivity contribution in [3.8, 4) is 0 Å². The highest BCUT2D eigenvalue weighted by molar-refractivity contribution is 14.1. The quantitative estimate of drug-likeness (QED) is 0.156. The number of likely N-dealkylation sites (tertiary alicyclic amines) is 1. The second-order valence-corrected chi connectivity index (χ2v) is 14.3. The summed E-state index contributed by atoms with van der Waals surface area (Å²) in [4.78, 5) is 26.6. The van der Waals surface area contributed by atoms with E-state index in [9.17, 15) is 48.7 Å². The number of aryl methyl sites for hydroxylation is 1. The summed E-state index contributed by atoms with van der Waals surface area (Å²) in [7, 11) is -4.44. The van der Waals surface area contributed by atoms with E-state index in [1.165, 1.54) is 60.4 Å². The van der Waals surface area contributed by atoms with Crippen LogP contribution in [0.1, 0.15) is 57.2 Å². The zero-order valence-corrected chi connectivity index (χ0v) is 25.7. The molecular formula is C30H23F7INO4S. The van der Waals surface area contributed by atoms with Crippen molar-refractivity contribution in [3.63, 3.8) is 0 Å². The van der Waals surface area contributed by atoms with E-state index >= 15 is 0 Å². The number of sulfone groups is 1. The summed E-state index contributed by atoms with van der Waals surface area (Å²) in [6.45, 7) is 1.25. The molecule has 5 rings (SSSR count). The number of halogens is 8. The highest BCUT2D eigenvalue weighted by Crippen LogP contribution is 2.56. The minimum atomic E-state index is -6.34. The van der Waals surface area contributed by atoms with E-state index in [1.807, 2.05) is 22.6 Å². The van der Waals surface area contributed by atoms with Gasteiger partial charge in [-0.25, -0.2) is 12.8 Å². The van der Waals surface area contributed by atoms with E-state index in [0.717, 1.165) is 6.07 Å². The number of amides is 1. The fraction of sp³-hybridized carbons (Fsp3) is 0.333. The number of carbonyl (C=O) groups excluding carboxylic acids is 2. The van der Waals surface area contributed by atoms with E-state index in [0.29, 0.717) is 21.3 Å². The van der Waals surface area contributed by atoms with Gasteiger partial charge in [0.1, 0.15) is 4.75 Å². The van der Waals surface area contributed by atoms with E-state index in [2.05, 4.69) is 0 Å². The van der Waals surface area contributed by atoms with Gasteiger partial charge in [0.25, 0.3) is 5.91 Å². The lowest BCUT2D eigenvalue weighted by Gasteiger charge is -2.43. The molecule has 5 nitrogen and oxygen atoms in total. The third kappa shape index (κ3) is 4.83. The monoisotopic (exact) mass is 753 g/mol. The van der Waals surface area contributed by atoms with Crippen LogP contribution in [0.3, 0.4) is 0 Å². The number of ketones is 1. The SMILES string of the molecule is CC(=O)c1ccc(C(=O)N2CC[C@@]3(S(=O)(=O)c4ccc(I)cc4)c4ccc(C(F)(C(F)(F)F)C(F)(F)F)cc4CC[C@@H]23)cc1. The molecule has 0 radical (unpaired) electrons. The normalized spacial score (nSPS) is 20.7. The van der Waals surface area contributed by atoms with Crippen molar-refractivity contribution in [2.45, 2.75) is 59.9 Å². The molecule has 0 bridgehead atoms. The number of rotatable bonds is 5. The van der Waals surface area contributed by atoms with Gasteiger partial charge in [-0.1, -0.05) is 30.3 Å². The van der Waals surface area contributed by atoms with E-state index in [4.69, 9.17) is 0 Å². The molecule has 1 amide bonds. The smallest absolute Gasteiger partial charge is 0.334 e. The minimum absolute atomic E-state index is 0.0787. The van der Waals surface area contributed by atoms with Crippen LogP contribution < -0.4 is 0 Å². The Morgan fingerprint density at radius 3 is 1.98 bits per heavy atom. The number of alkyl halides is 7. The summed E-state index contributed by atoms with van der Waals surface area (Å²) in [5.41, 5.74) is -7.13. The van der Waals surface area contributed by atoms with Gasteiger partial charge in [0.2, 0.25) is 0 Å². The Morgan fingerprint density at radius 1 is 0.864 bits per heavy atom. The average Bonchev–Trinajstić information content (AvgIpc) is 3.37. The van der Waals surface area contributed by atoms with E-state index < -0.39 is 50.1 Å². The number of nitrogens with zero attached hydrogens (tertiary/aromatic N) is 1. The Bertz CT molecular complexity index is 1720. The first-order chi connectivity index (χ1) is 20.4. The average molecular weight is 753 g/mol. The van der Waals surface area contributed by atoms with Gasteiger partial charge in [-0.3, -0.25) is 9.59 Å². The summed E-state index contributed by atoms with van der Waals surface area (Å²) >= 11 is 1.97. The van der Waals surface area contributed by atoms with Crippen LogP contribution in [0.5, 0.6) is 0 Å². The Kier molecular flexibility index (Phi) is 7.96. The molecule has 14 heteroatoms. The number of hydrogen-bond acceptors (Lipinski definition) is 4. The van der Waals surface area contributed by atoms with Crippen LogP contribution in [-0.2, 0) is 26.7 Å². The van der Waals surface area contributed by atoms with Crippen molar-refractivity contribution in [1.29, 1.82) is 0 Å². The van der Waals surface area contributed by atoms with Gasteiger partial charge in [-0.05, 0) is 96.3 Å². The minimum Gasteiger partial charge on any atom is -0.334 e. The Morgan fingerprint density at radius 2 is 1.43 bits per heavy atom. The maximum atomic E-state index is 15.0. The molecule has 0 saturated carbocycles. The molecule has 0 N–H and O–H groups in total. The highest BCUT2D eigenvalue weighted by Gasteiger charge is 2.73. The molecule has 2 aliphatic rings. The van der Waals surface area contributed by atoms with Crippen LogP contribution in [0.2, 0.25) is 0 Å². The van der Waals surface area contributed by atoms with Crippen LogP contribution in [0.4, 0.5) is 30.7 Å².